The van der Waals surface area contributed by atoms with Crippen LogP contribution in [0.25, 0.3) is 0 Å². The van der Waals surface area contributed by atoms with E-state index in [1.807, 2.05) is 0 Å². The zero-order chi connectivity index (χ0) is 32.2. The van der Waals surface area contributed by atoms with Crippen molar-refractivity contribution in [2.24, 2.45) is 0 Å². The molecule has 0 unspecified atom stereocenters. The minimum Gasteiger partial charge on any atom is -0.464 e. The first-order valence-electron chi connectivity index (χ1n) is 13.4. The molecule has 1 aromatic rings. The van der Waals surface area contributed by atoms with Crippen molar-refractivity contribution in [2.75, 3.05) is 13.2 Å². The summed E-state index contributed by atoms with van der Waals surface area (Å²) < 4.78 is 42.0. The molecule has 17 heteroatoms. The molecule has 238 valence electrons. The molecule has 6 atom stereocenters. The van der Waals surface area contributed by atoms with E-state index in [2.05, 4.69) is 5.32 Å². The van der Waals surface area contributed by atoms with Crippen molar-refractivity contribution in [2.45, 2.75) is 96.6 Å². The number of aromatic nitrogens is 2. The van der Waals surface area contributed by atoms with Crippen LogP contribution in [0.3, 0.4) is 0 Å². The van der Waals surface area contributed by atoms with Crippen molar-refractivity contribution >= 4 is 29.9 Å². The number of likely N-dealkylation sites (tertiary alicyclic amines) is 1. The van der Waals surface area contributed by atoms with E-state index in [1.165, 1.54) is 4.90 Å². The molecule has 2 amide bonds. The van der Waals surface area contributed by atoms with E-state index in [-0.39, 0.29) is 13.0 Å². The van der Waals surface area contributed by atoms with Gasteiger partial charge in [0, 0.05) is 27.3 Å². The summed E-state index contributed by atoms with van der Waals surface area (Å²) in [5.41, 5.74) is -3.29. The van der Waals surface area contributed by atoms with Crippen molar-refractivity contribution in [3.8, 4) is 0 Å². The third-order valence-electron chi connectivity index (χ3n) is 6.40. The first kappa shape index (κ1) is 33.2. The smallest absolute Gasteiger partial charge is 0.410 e. The highest BCUT2D eigenvalue weighted by Crippen LogP contribution is 2.35. The third kappa shape index (κ3) is 8.39. The molecule has 2 fully saturated rings. The number of carbonyl (C=O) groups is 5. The number of hydrogen-bond acceptors (Lipinski definition) is 12. The largest absolute Gasteiger partial charge is 0.464 e. The van der Waals surface area contributed by atoms with Gasteiger partial charge >= 0.3 is 29.7 Å². The average molecular weight is 615 g/mol. The second-order valence-electron chi connectivity index (χ2n) is 11.0. The topological polar surface area (TPSA) is 202 Å². The molecule has 2 aliphatic heterocycles. The minimum atomic E-state index is -1.67. The van der Waals surface area contributed by atoms with E-state index in [9.17, 15) is 38.0 Å². The van der Waals surface area contributed by atoms with E-state index < -0.39 is 95.8 Å². The van der Waals surface area contributed by atoms with Crippen LogP contribution in [-0.4, -0.2) is 93.5 Å². The van der Waals surface area contributed by atoms with Crippen LogP contribution in [0.1, 0.15) is 60.6 Å². The Morgan fingerprint density at radius 1 is 1.07 bits per heavy atom. The van der Waals surface area contributed by atoms with Gasteiger partial charge in [-0.2, -0.15) is 4.39 Å². The lowest BCUT2D eigenvalue weighted by Crippen LogP contribution is -2.56. The summed E-state index contributed by atoms with van der Waals surface area (Å²) in [6.45, 7) is 7.87. The molecule has 0 radical (unpaired) electrons. The van der Waals surface area contributed by atoms with Crippen molar-refractivity contribution in [1.82, 2.24) is 19.8 Å². The Balaban J connectivity index is 2.01. The molecule has 2 saturated heterocycles. The van der Waals surface area contributed by atoms with Gasteiger partial charge in [0.05, 0.1) is 12.2 Å². The predicted molar refractivity (Wildman–Crippen MR) is 141 cm³/mol. The number of nitrogens with zero attached hydrogens (tertiary/aromatic N) is 2. The monoisotopic (exact) mass is 614 g/mol. The fraction of sp³-hybridized carbons (Fsp3) is 0.654. The summed E-state index contributed by atoms with van der Waals surface area (Å²) in [6.07, 6.45) is -5.68. The van der Waals surface area contributed by atoms with Crippen LogP contribution >= 0.6 is 0 Å². The molecule has 0 bridgehead atoms. The summed E-state index contributed by atoms with van der Waals surface area (Å²) in [6, 6.07) is -2.30. The third-order valence-corrected chi connectivity index (χ3v) is 6.40. The number of ether oxygens (including phenoxy) is 5. The maximum atomic E-state index is 14.2. The molecule has 2 N–H and O–H groups in total. The number of carbonyl (C=O) groups excluding carboxylic acids is 5. The summed E-state index contributed by atoms with van der Waals surface area (Å²) in [5, 5.41) is 2.65. The van der Waals surface area contributed by atoms with Gasteiger partial charge in [-0.1, -0.05) is 0 Å². The molecule has 0 aliphatic carbocycles. The molecule has 0 spiro atoms. The molecule has 3 heterocycles. The van der Waals surface area contributed by atoms with Gasteiger partial charge in [-0.05, 0) is 33.6 Å². The maximum absolute atomic E-state index is 14.2. The molecule has 1 aromatic heterocycles. The van der Waals surface area contributed by atoms with Gasteiger partial charge in [-0.15, -0.1) is 0 Å². The number of hydrogen-bond donors (Lipinski definition) is 2. The fourth-order valence-electron chi connectivity index (χ4n) is 4.79. The van der Waals surface area contributed by atoms with Gasteiger partial charge in [-0.3, -0.25) is 38.4 Å². The molecular formula is C26H35FN4O12. The highest BCUT2D eigenvalue weighted by atomic mass is 19.1. The molecule has 3 rings (SSSR count). The zero-order valence-electron chi connectivity index (χ0n) is 24.5. The first-order valence-corrected chi connectivity index (χ1v) is 13.4. The van der Waals surface area contributed by atoms with Crippen molar-refractivity contribution < 1.29 is 52.0 Å². The van der Waals surface area contributed by atoms with Crippen LogP contribution in [0, 0.1) is 5.82 Å². The van der Waals surface area contributed by atoms with E-state index >= 15 is 0 Å². The molecule has 2 aliphatic rings. The van der Waals surface area contributed by atoms with Crippen LogP contribution in [0.5, 0.6) is 0 Å². The number of nitrogens with one attached hydrogen (secondary N) is 2. The number of rotatable bonds is 8. The Labute approximate surface area is 244 Å². The number of aromatic amines is 1. The molecular weight excluding hydrogens is 579 g/mol. The summed E-state index contributed by atoms with van der Waals surface area (Å²) in [4.78, 5) is 89.4. The van der Waals surface area contributed by atoms with E-state index in [0.29, 0.717) is 17.2 Å². The van der Waals surface area contributed by atoms with E-state index in [1.54, 1.807) is 25.8 Å². The van der Waals surface area contributed by atoms with Gasteiger partial charge in [0.25, 0.3) is 5.56 Å². The Hall–Kier alpha value is -4.28. The number of H-pyrrole nitrogens is 1. The van der Waals surface area contributed by atoms with Gasteiger partial charge in [0.1, 0.15) is 24.4 Å². The molecule has 0 aromatic carbocycles. The van der Waals surface area contributed by atoms with Crippen LogP contribution in [0.15, 0.2) is 15.8 Å². The lowest BCUT2D eigenvalue weighted by atomic mass is 10.0. The number of amides is 2. The Morgan fingerprint density at radius 3 is 2.28 bits per heavy atom. The molecule has 0 saturated carbocycles. The Kier molecular flexibility index (Phi) is 10.3. The second kappa shape index (κ2) is 13.4. The van der Waals surface area contributed by atoms with Crippen LogP contribution in [0.2, 0.25) is 0 Å². The van der Waals surface area contributed by atoms with Gasteiger partial charge in [-0.25, -0.2) is 9.59 Å². The van der Waals surface area contributed by atoms with Gasteiger partial charge < -0.3 is 29.0 Å². The molecule has 16 nitrogen and oxygen atoms in total. The van der Waals surface area contributed by atoms with Crippen LogP contribution in [-0.2, 0) is 42.9 Å². The highest BCUT2D eigenvalue weighted by Gasteiger charge is 2.54. The van der Waals surface area contributed by atoms with E-state index in [0.717, 1.165) is 20.8 Å². The summed E-state index contributed by atoms with van der Waals surface area (Å²) in [7, 11) is 0. The van der Waals surface area contributed by atoms with Crippen molar-refractivity contribution in [1.29, 1.82) is 0 Å². The zero-order valence-corrected chi connectivity index (χ0v) is 24.5. The second-order valence-corrected chi connectivity index (χ2v) is 11.0. The van der Waals surface area contributed by atoms with Gasteiger partial charge in [0.2, 0.25) is 11.7 Å². The summed E-state index contributed by atoms with van der Waals surface area (Å²) in [5.74, 6) is -4.57. The van der Waals surface area contributed by atoms with Crippen LogP contribution in [0.4, 0.5) is 9.18 Å². The quantitative estimate of drug-likeness (QED) is 0.291. The Morgan fingerprint density at radius 2 is 1.70 bits per heavy atom. The summed E-state index contributed by atoms with van der Waals surface area (Å²) >= 11 is 0. The Bertz CT molecular complexity index is 1370. The van der Waals surface area contributed by atoms with E-state index in [4.69, 9.17) is 23.7 Å². The van der Waals surface area contributed by atoms with Crippen molar-refractivity contribution in [3.63, 3.8) is 0 Å². The minimum absolute atomic E-state index is 0.231. The van der Waals surface area contributed by atoms with Crippen molar-refractivity contribution in [3.05, 3.63) is 32.9 Å². The number of halogens is 1. The lowest BCUT2D eigenvalue weighted by Gasteiger charge is -2.31. The average Bonchev–Trinajstić information content (AvgIpc) is 3.48. The van der Waals surface area contributed by atoms with Crippen LogP contribution < -0.4 is 16.6 Å². The highest BCUT2D eigenvalue weighted by molar-refractivity contribution is 5.86. The van der Waals surface area contributed by atoms with Gasteiger partial charge in [0.15, 0.2) is 18.4 Å². The standard InChI is InChI=1S/C26H35FN4O12/c1-12(32)39-11-16(28-22(36)17-8-7-9-30(17)25(38)43-26(4,5)6)18-19(40-13(2)33)20(41-14(3)34)23(42-18)31-10-15(27)21(35)29-24(31)37/h10,16-20,23H,7-9,11H2,1-6H3,(H,28,36)(H,29,35,37)/t16-,17-,18-,19-,20-,23-/m1/s1. The predicted octanol–water partition coefficient (Wildman–Crippen LogP) is -0.116. The maximum Gasteiger partial charge on any atom is 0.410 e. The number of esters is 3. The fourth-order valence-corrected chi connectivity index (χ4v) is 4.79. The first-order chi connectivity index (χ1) is 20.0. The SMILES string of the molecule is CC(=O)OC[C@@H](NC(=O)[C@H]1CCCN1C(=O)OC(C)(C)C)[C@H]1O[C@@H](n2cc(F)c(=O)[nH]c2=O)[C@H](OC(C)=O)[C@@H]1OC(C)=O. The lowest BCUT2D eigenvalue weighted by molar-refractivity contribution is -0.166. The normalized spacial score (nSPS) is 24.2. The molecule has 43 heavy (non-hydrogen) atoms.